The number of nitrogens with zero attached hydrogens (tertiary/aromatic N) is 2. The smallest absolute Gasteiger partial charge is 0.255 e. The van der Waals surface area contributed by atoms with Crippen LogP contribution in [0.1, 0.15) is 39.0 Å². The second-order valence-corrected chi connectivity index (χ2v) is 6.05. The Bertz CT molecular complexity index is 428. The summed E-state index contributed by atoms with van der Waals surface area (Å²) in [5, 5.41) is 3.40. The largest absolute Gasteiger partial charge is 0.354 e. The van der Waals surface area contributed by atoms with Crippen LogP contribution < -0.4 is 10.2 Å². The highest BCUT2D eigenvalue weighted by molar-refractivity contribution is 5.42. The minimum Gasteiger partial charge on any atom is -0.354 e. The first-order chi connectivity index (χ1) is 9.21. The van der Waals surface area contributed by atoms with Crippen molar-refractivity contribution in [2.45, 2.75) is 52.6 Å². The highest BCUT2D eigenvalue weighted by Gasteiger charge is 2.13. The van der Waals surface area contributed by atoms with Crippen molar-refractivity contribution >= 4 is 5.82 Å². The van der Waals surface area contributed by atoms with E-state index in [9.17, 15) is 8.78 Å². The molecule has 3 nitrogen and oxygen atoms in total. The quantitative estimate of drug-likeness (QED) is 0.869. The molecule has 0 bridgehead atoms. The van der Waals surface area contributed by atoms with Crippen molar-refractivity contribution in [2.24, 2.45) is 0 Å². The van der Waals surface area contributed by atoms with Gasteiger partial charge in [-0.3, -0.25) is 0 Å². The zero-order valence-corrected chi connectivity index (χ0v) is 13.0. The van der Waals surface area contributed by atoms with E-state index in [2.05, 4.69) is 31.1 Å². The normalized spacial score (nSPS) is 12.0. The second kappa shape index (κ2) is 6.97. The summed E-state index contributed by atoms with van der Waals surface area (Å²) >= 11 is 0. The minimum atomic E-state index is -2.36. The van der Waals surface area contributed by atoms with E-state index in [4.69, 9.17) is 0 Å². The summed E-state index contributed by atoms with van der Waals surface area (Å²) in [5.41, 5.74) is 2.02. The van der Waals surface area contributed by atoms with E-state index in [0.717, 1.165) is 17.7 Å². The van der Waals surface area contributed by atoms with E-state index >= 15 is 0 Å². The lowest BCUT2D eigenvalue weighted by atomic mass is 10.1. The molecular weight excluding hydrogens is 260 g/mol. The number of hydrogen-bond acceptors (Lipinski definition) is 3. The number of pyridine rings is 1. The van der Waals surface area contributed by atoms with Crippen LogP contribution >= 0.6 is 0 Å². The standard InChI is InChI=1S/C15H25F2N3/c1-6-12-7-11(9-18-15(2,3)4)8-14(19-12)20(5)10-13(16)17/h7-8,13,18H,6,9-10H2,1-5H3. The van der Waals surface area contributed by atoms with Crippen molar-refractivity contribution in [1.82, 2.24) is 10.3 Å². The zero-order valence-electron chi connectivity index (χ0n) is 13.0. The number of aryl methyl sites for hydroxylation is 1. The van der Waals surface area contributed by atoms with Gasteiger partial charge in [-0.2, -0.15) is 0 Å². The first-order valence-electron chi connectivity index (χ1n) is 6.95. The number of halogens is 2. The first-order valence-corrected chi connectivity index (χ1v) is 6.95. The summed E-state index contributed by atoms with van der Waals surface area (Å²) in [7, 11) is 1.65. The molecule has 20 heavy (non-hydrogen) atoms. The number of hydrogen-bond donors (Lipinski definition) is 1. The predicted octanol–water partition coefficient (Wildman–Crippen LogP) is 3.23. The zero-order chi connectivity index (χ0) is 15.3. The van der Waals surface area contributed by atoms with E-state index in [-0.39, 0.29) is 12.1 Å². The average Bonchev–Trinajstić information content (AvgIpc) is 2.34. The van der Waals surface area contributed by atoms with Gasteiger partial charge in [-0.05, 0) is 44.9 Å². The molecule has 5 heteroatoms. The minimum absolute atomic E-state index is 0.0185. The number of rotatable bonds is 6. The fourth-order valence-corrected chi connectivity index (χ4v) is 1.78. The van der Waals surface area contributed by atoms with Crippen LogP contribution in [0.5, 0.6) is 0 Å². The Labute approximate surface area is 120 Å². The summed E-state index contributed by atoms with van der Waals surface area (Å²) in [6.45, 7) is 8.71. The van der Waals surface area contributed by atoms with E-state index in [1.165, 1.54) is 4.90 Å². The molecule has 0 radical (unpaired) electrons. The molecule has 1 aromatic heterocycles. The fourth-order valence-electron chi connectivity index (χ4n) is 1.78. The molecule has 0 fully saturated rings. The van der Waals surface area contributed by atoms with Gasteiger partial charge in [-0.25, -0.2) is 13.8 Å². The maximum absolute atomic E-state index is 12.5. The second-order valence-electron chi connectivity index (χ2n) is 6.05. The predicted molar refractivity (Wildman–Crippen MR) is 79.5 cm³/mol. The molecule has 0 aliphatic carbocycles. The summed E-state index contributed by atoms with van der Waals surface area (Å²) in [4.78, 5) is 5.92. The summed E-state index contributed by atoms with van der Waals surface area (Å²) in [5.74, 6) is 0.607. The van der Waals surface area contributed by atoms with Gasteiger partial charge >= 0.3 is 0 Å². The lowest BCUT2D eigenvalue weighted by Crippen LogP contribution is -2.35. The van der Waals surface area contributed by atoms with Crippen LogP contribution in [-0.4, -0.2) is 30.5 Å². The van der Waals surface area contributed by atoms with Crippen LogP contribution in [0.4, 0.5) is 14.6 Å². The first kappa shape index (κ1) is 16.8. The maximum atomic E-state index is 12.5. The Hall–Kier alpha value is -1.23. The molecule has 0 aliphatic heterocycles. The molecule has 1 rings (SSSR count). The molecule has 0 unspecified atom stereocenters. The van der Waals surface area contributed by atoms with E-state index in [1.807, 2.05) is 19.1 Å². The third kappa shape index (κ3) is 5.82. The molecule has 0 spiro atoms. The molecule has 0 saturated carbocycles. The number of nitrogens with one attached hydrogen (secondary N) is 1. The SMILES string of the molecule is CCc1cc(CNC(C)(C)C)cc(N(C)CC(F)F)n1. The Morgan fingerprint density at radius 3 is 2.45 bits per heavy atom. The summed E-state index contributed by atoms with van der Waals surface area (Å²) < 4.78 is 25.0. The molecule has 0 aliphatic rings. The topological polar surface area (TPSA) is 28.2 Å². The van der Waals surface area contributed by atoms with Gasteiger partial charge in [0.05, 0.1) is 6.54 Å². The van der Waals surface area contributed by atoms with Gasteiger partial charge in [-0.1, -0.05) is 6.92 Å². The molecule has 1 heterocycles. The van der Waals surface area contributed by atoms with E-state index in [0.29, 0.717) is 12.4 Å². The number of aromatic nitrogens is 1. The Morgan fingerprint density at radius 1 is 1.30 bits per heavy atom. The molecular formula is C15H25F2N3. The summed E-state index contributed by atoms with van der Waals surface area (Å²) in [6, 6.07) is 3.90. The van der Waals surface area contributed by atoms with Crippen LogP contribution in [0.3, 0.4) is 0 Å². The van der Waals surface area contributed by atoms with Gasteiger partial charge in [0, 0.05) is 24.8 Å². The fraction of sp³-hybridized carbons (Fsp3) is 0.667. The lowest BCUT2D eigenvalue weighted by molar-refractivity contribution is 0.156. The van der Waals surface area contributed by atoms with Crippen molar-refractivity contribution in [3.63, 3.8) is 0 Å². The van der Waals surface area contributed by atoms with Crippen molar-refractivity contribution in [3.8, 4) is 0 Å². The van der Waals surface area contributed by atoms with Crippen molar-refractivity contribution in [2.75, 3.05) is 18.5 Å². The molecule has 1 aromatic rings. The highest BCUT2D eigenvalue weighted by atomic mass is 19.3. The van der Waals surface area contributed by atoms with Crippen LogP contribution in [0.25, 0.3) is 0 Å². The van der Waals surface area contributed by atoms with Gasteiger partial charge < -0.3 is 10.2 Å². The molecule has 1 N–H and O–H groups in total. The molecule has 0 atom stereocenters. The average molecular weight is 285 g/mol. The third-order valence-corrected chi connectivity index (χ3v) is 2.91. The monoisotopic (exact) mass is 285 g/mol. The van der Waals surface area contributed by atoms with Crippen molar-refractivity contribution in [3.05, 3.63) is 23.4 Å². The van der Waals surface area contributed by atoms with Gasteiger partial charge in [-0.15, -0.1) is 0 Å². The lowest BCUT2D eigenvalue weighted by Gasteiger charge is -2.22. The Balaban J connectivity index is 2.90. The van der Waals surface area contributed by atoms with Crippen LogP contribution in [-0.2, 0) is 13.0 Å². The van der Waals surface area contributed by atoms with Gasteiger partial charge in [0.25, 0.3) is 6.43 Å². The van der Waals surface area contributed by atoms with E-state index < -0.39 is 6.43 Å². The maximum Gasteiger partial charge on any atom is 0.255 e. The van der Waals surface area contributed by atoms with Crippen LogP contribution in [0.15, 0.2) is 12.1 Å². The number of anilines is 1. The molecule has 114 valence electrons. The van der Waals surface area contributed by atoms with Gasteiger partial charge in [0.1, 0.15) is 5.82 Å². The molecule has 0 aromatic carbocycles. The molecule has 0 saturated heterocycles. The highest BCUT2D eigenvalue weighted by Crippen LogP contribution is 2.16. The van der Waals surface area contributed by atoms with Crippen molar-refractivity contribution in [1.29, 1.82) is 0 Å². The Morgan fingerprint density at radius 2 is 1.95 bits per heavy atom. The Kier molecular flexibility index (Phi) is 5.87. The van der Waals surface area contributed by atoms with Gasteiger partial charge in [0.2, 0.25) is 0 Å². The van der Waals surface area contributed by atoms with Crippen molar-refractivity contribution < 1.29 is 8.78 Å². The number of alkyl halides is 2. The third-order valence-electron chi connectivity index (χ3n) is 2.91. The van der Waals surface area contributed by atoms with E-state index in [1.54, 1.807) is 7.05 Å². The van der Waals surface area contributed by atoms with Crippen LogP contribution in [0, 0.1) is 0 Å². The molecule has 0 amide bonds. The van der Waals surface area contributed by atoms with Crippen LogP contribution in [0.2, 0.25) is 0 Å². The van der Waals surface area contributed by atoms with Gasteiger partial charge in [0.15, 0.2) is 0 Å². The summed E-state index contributed by atoms with van der Waals surface area (Å²) in [6.07, 6.45) is -1.57.